The number of nitro benzene ring substituents is 1. The third-order valence-electron chi connectivity index (χ3n) is 2.87. The van der Waals surface area contributed by atoms with Crippen LogP contribution in [-0.2, 0) is 11.3 Å². The van der Waals surface area contributed by atoms with E-state index in [0.29, 0.717) is 25.1 Å². The lowest BCUT2D eigenvalue weighted by Gasteiger charge is -2.08. The van der Waals surface area contributed by atoms with Gasteiger partial charge in [0.25, 0.3) is 5.69 Å². The summed E-state index contributed by atoms with van der Waals surface area (Å²) in [6, 6.07) is 4.88. The van der Waals surface area contributed by atoms with Crippen molar-refractivity contribution in [2.45, 2.75) is 26.8 Å². The fraction of sp³-hybridized carbons (Fsp3) is 0.462. The highest BCUT2D eigenvalue weighted by atomic mass is 16.6. The summed E-state index contributed by atoms with van der Waals surface area (Å²) in [5, 5.41) is 16.6. The predicted molar refractivity (Wildman–Crippen MR) is 72.8 cm³/mol. The lowest BCUT2D eigenvalue weighted by Crippen LogP contribution is -2.27. The molecule has 6 heteroatoms. The van der Waals surface area contributed by atoms with Gasteiger partial charge in [-0.2, -0.15) is 0 Å². The van der Waals surface area contributed by atoms with Gasteiger partial charge in [0.15, 0.2) is 0 Å². The number of benzene rings is 1. The van der Waals surface area contributed by atoms with E-state index in [1.165, 1.54) is 6.07 Å². The number of nitrogens with one attached hydrogen (secondary N) is 2. The maximum atomic E-state index is 11.5. The van der Waals surface area contributed by atoms with Crippen molar-refractivity contribution in [2.75, 3.05) is 13.1 Å². The van der Waals surface area contributed by atoms with E-state index in [-0.39, 0.29) is 11.6 Å². The smallest absolute Gasteiger partial charge is 0.272 e. The zero-order valence-electron chi connectivity index (χ0n) is 11.2. The zero-order valence-corrected chi connectivity index (χ0v) is 11.2. The maximum absolute atomic E-state index is 11.5. The van der Waals surface area contributed by atoms with Gasteiger partial charge in [-0.25, -0.2) is 0 Å². The minimum absolute atomic E-state index is 0.0631. The molecule has 1 aromatic carbocycles. The zero-order chi connectivity index (χ0) is 14.3. The molecule has 0 saturated heterocycles. The highest BCUT2D eigenvalue weighted by molar-refractivity contribution is 5.76. The molecule has 0 aliphatic heterocycles. The number of nitro groups is 1. The second-order valence-corrected chi connectivity index (χ2v) is 4.20. The van der Waals surface area contributed by atoms with Gasteiger partial charge in [-0.05, 0) is 19.0 Å². The monoisotopic (exact) mass is 265 g/mol. The molecule has 1 aromatic rings. The summed E-state index contributed by atoms with van der Waals surface area (Å²) in [5.41, 5.74) is 1.45. The van der Waals surface area contributed by atoms with Crippen molar-refractivity contribution in [2.24, 2.45) is 0 Å². The van der Waals surface area contributed by atoms with E-state index in [2.05, 4.69) is 10.6 Å². The standard InChI is InChI=1S/C13H19N3O3/c1-3-14-8-7-13(17)15-9-11-5-4-6-12(10(11)2)16(18)19/h4-6,14H,3,7-9H2,1-2H3,(H,15,17). The lowest BCUT2D eigenvalue weighted by atomic mass is 10.1. The van der Waals surface area contributed by atoms with Crippen molar-refractivity contribution in [1.29, 1.82) is 0 Å². The van der Waals surface area contributed by atoms with Gasteiger partial charge in [0, 0.05) is 31.1 Å². The minimum Gasteiger partial charge on any atom is -0.352 e. The van der Waals surface area contributed by atoms with Crippen molar-refractivity contribution in [3.63, 3.8) is 0 Å². The molecule has 0 radical (unpaired) electrons. The van der Waals surface area contributed by atoms with E-state index >= 15 is 0 Å². The number of nitrogens with zero attached hydrogens (tertiary/aromatic N) is 1. The molecule has 104 valence electrons. The first-order valence-electron chi connectivity index (χ1n) is 6.26. The molecule has 0 aromatic heterocycles. The Hall–Kier alpha value is -1.95. The number of carbonyl (C=O) groups excluding carboxylic acids is 1. The normalized spacial score (nSPS) is 10.2. The molecule has 0 fully saturated rings. The van der Waals surface area contributed by atoms with Crippen molar-refractivity contribution < 1.29 is 9.72 Å². The van der Waals surface area contributed by atoms with Crippen molar-refractivity contribution in [1.82, 2.24) is 10.6 Å². The Balaban J connectivity index is 2.56. The van der Waals surface area contributed by atoms with Crippen LogP contribution in [0.1, 0.15) is 24.5 Å². The molecular formula is C13H19N3O3. The fourth-order valence-electron chi connectivity index (χ4n) is 1.72. The molecule has 0 aliphatic carbocycles. The Labute approximate surface area is 112 Å². The Kier molecular flexibility index (Phi) is 5.95. The van der Waals surface area contributed by atoms with Gasteiger partial charge in [-0.3, -0.25) is 14.9 Å². The highest BCUT2D eigenvalue weighted by Crippen LogP contribution is 2.20. The quantitative estimate of drug-likeness (QED) is 0.445. The summed E-state index contributed by atoms with van der Waals surface area (Å²) in [6.45, 7) is 5.45. The molecular weight excluding hydrogens is 246 g/mol. The van der Waals surface area contributed by atoms with Crippen LogP contribution in [0, 0.1) is 17.0 Å². The van der Waals surface area contributed by atoms with E-state index in [0.717, 1.165) is 12.1 Å². The molecule has 1 amide bonds. The topological polar surface area (TPSA) is 84.3 Å². The van der Waals surface area contributed by atoms with Gasteiger partial charge < -0.3 is 10.6 Å². The molecule has 0 atom stereocenters. The van der Waals surface area contributed by atoms with E-state index in [4.69, 9.17) is 0 Å². The first-order valence-corrected chi connectivity index (χ1v) is 6.26. The Bertz CT molecular complexity index is 460. The molecule has 0 heterocycles. The van der Waals surface area contributed by atoms with Gasteiger partial charge >= 0.3 is 0 Å². The summed E-state index contributed by atoms with van der Waals surface area (Å²) in [4.78, 5) is 21.9. The van der Waals surface area contributed by atoms with Gasteiger partial charge in [-0.1, -0.05) is 19.1 Å². The predicted octanol–water partition coefficient (Wildman–Crippen LogP) is 1.52. The molecule has 19 heavy (non-hydrogen) atoms. The van der Waals surface area contributed by atoms with Crippen LogP contribution in [0.5, 0.6) is 0 Å². The second kappa shape index (κ2) is 7.48. The largest absolute Gasteiger partial charge is 0.352 e. The fourth-order valence-corrected chi connectivity index (χ4v) is 1.72. The minimum atomic E-state index is -0.411. The Morgan fingerprint density at radius 3 is 2.79 bits per heavy atom. The number of amides is 1. The van der Waals surface area contributed by atoms with Crippen molar-refractivity contribution >= 4 is 11.6 Å². The third kappa shape index (κ3) is 4.67. The highest BCUT2D eigenvalue weighted by Gasteiger charge is 2.13. The summed E-state index contributed by atoms with van der Waals surface area (Å²) < 4.78 is 0. The van der Waals surface area contributed by atoms with Crippen LogP contribution in [-0.4, -0.2) is 23.9 Å². The summed E-state index contributed by atoms with van der Waals surface area (Å²) in [6.07, 6.45) is 0.405. The van der Waals surface area contributed by atoms with Crippen LogP contribution in [0.15, 0.2) is 18.2 Å². The van der Waals surface area contributed by atoms with Crippen LogP contribution in [0.3, 0.4) is 0 Å². The van der Waals surface area contributed by atoms with Crippen LogP contribution in [0.4, 0.5) is 5.69 Å². The molecule has 6 nitrogen and oxygen atoms in total. The molecule has 0 aliphatic rings. The second-order valence-electron chi connectivity index (χ2n) is 4.20. The first-order chi connectivity index (χ1) is 9.06. The van der Waals surface area contributed by atoms with E-state index in [1.54, 1.807) is 19.1 Å². The van der Waals surface area contributed by atoms with E-state index in [1.807, 2.05) is 6.92 Å². The summed E-state index contributed by atoms with van der Waals surface area (Å²) in [5.74, 6) is -0.0631. The number of hydrogen-bond donors (Lipinski definition) is 2. The Morgan fingerprint density at radius 1 is 1.42 bits per heavy atom. The van der Waals surface area contributed by atoms with Gasteiger partial charge in [-0.15, -0.1) is 0 Å². The van der Waals surface area contributed by atoms with Crippen LogP contribution in [0.2, 0.25) is 0 Å². The molecule has 2 N–H and O–H groups in total. The summed E-state index contributed by atoms with van der Waals surface area (Å²) >= 11 is 0. The first kappa shape index (κ1) is 15.1. The number of carbonyl (C=O) groups is 1. The molecule has 0 spiro atoms. The van der Waals surface area contributed by atoms with Gasteiger partial charge in [0.2, 0.25) is 5.91 Å². The molecule has 1 rings (SSSR count). The van der Waals surface area contributed by atoms with Gasteiger partial charge in [0.1, 0.15) is 0 Å². The third-order valence-corrected chi connectivity index (χ3v) is 2.87. The molecule has 0 bridgehead atoms. The Morgan fingerprint density at radius 2 is 2.16 bits per heavy atom. The van der Waals surface area contributed by atoms with Gasteiger partial charge in [0.05, 0.1) is 4.92 Å². The average molecular weight is 265 g/mol. The number of hydrogen-bond acceptors (Lipinski definition) is 4. The van der Waals surface area contributed by atoms with Crippen LogP contribution >= 0.6 is 0 Å². The van der Waals surface area contributed by atoms with E-state index in [9.17, 15) is 14.9 Å². The SMILES string of the molecule is CCNCCC(=O)NCc1cccc([N+](=O)[O-])c1C. The van der Waals surface area contributed by atoms with Crippen molar-refractivity contribution in [3.05, 3.63) is 39.4 Å². The summed E-state index contributed by atoms with van der Waals surface area (Å²) in [7, 11) is 0. The lowest BCUT2D eigenvalue weighted by molar-refractivity contribution is -0.385. The van der Waals surface area contributed by atoms with Crippen LogP contribution in [0.25, 0.3) is 0 Å². The maximum Gasteiger partial charge on any atom is 0.272 e. The van der Waals surface area contributed by atoms with Crippen LogP contribution < -0.4 is 10.6 Å². The van der Waals surface area contributed by atoms with E-state index < -0.39 is 4.92 Å². The van der Waals surface area contributed by atoms with Crippen molar-refractivity contribution in [3.8, 4) is 0 Å². The average Bonchev–Trinajstić information content (AvgIpc) is 2.37. The molecule has 0 unspecified atom stereocenters. The number of rotatable bonds is 7. The molecule has 0 saturated carbocycles.